The standard InChI is InChI=1S/C22H22FN3O4S/c1-31(28,29)26(15-17-6-2-3-8-21(17)23)19-9-11-20(12-10-19)30-16-22(27)25-14-18-7-4-5-13-24-18/h2-13H,14-16H2,1H3,(H,25,27). The molecule has 0 fully saturated rings. The number of hydrogen-bond acceptors (Lipinski definition) is 5. The Morgan fingerprint density at radius 2 is 1.77 bits per heavy atom. The molecule has 1 amide bonds. The Balaban J connectivity index is 1.60. The lowest BCUT2D eigenvalue weighted by atomic mass is 10.2. The summed E-state index contributed by atoms with van der Waals surface area (Å²) in [6, 6.07) is 17.6. The molecule has 0 bridgehead atoms. The number of pyridine rings is 1. The average Bonchev–Trinajstić information content (AvgIpc) is 2.76. The molecule has 1 N–H and O–H groups in total. The quantitative estimate of drug-likeness (QED) is 0.549. The Morgan fingerprint density at radius 1 is 1.06 bits per heavy atom. The second-order valence-electron chi connectivity index (χ2n) is 6.74. The third-order valence-corrected chi connectivity index (χ3v) is 5.50. The number of nitrogens with zero attached hydrogens (tertiary/aromatic N) is 2. The summed E-state index contributed by atoms with van der Waals surface area (Å²) in [5.74, 6) is -0.393. The number of carbonyl (C=O) groups is 1. The molecule has 2 aromatic carbocycles. The molecule has 7 nitrogen and oxygen atoms in total. The summed E-state index contributed by atoms with van der Waals surface area (Å²) in [5.41, 5.74) is 1.35. The molecule has 0 unspecified atom stereocenters. The first-order chi connectivity index (χ1) is 14.8. The van der Waals surface area contributed by atoms with Gasteiger partial charge in [0.15, 0.2) is 6.61 Å². The molecule has 0 saturated heterocycles. The highest BCUT2D eigenvalue weighted by molar-refractivity contribution is 7.92. The molecule has 0 spiro atoms. The van der Waals surface area contributed by atoms with Gasteiger partial charge in [-0.3, -0.25) is 14.1 Å². The van der Waals surface area contributed by atoms with Crippen LogP contribution < -0.4 is 14.4 Å². The number of carbonyl (C=O) groups excluding carboxylic acids is 1. The molecular formula is C22H22FN3O4S. The van der Waals surface area contributed by atoms with Crippen LogP contribution in [0.2, 0.25) is 0 Å². The maximum absolute atomic E-state index is 14.0. The van der Waals surface area contributed by atoms with Gasteiger partial charge in [-0.1, -0.05) is 24.3 Å². The molecule has 0 aliphatic heterocycles. The molecule has 9 heteroatoms. The molecule has 0 aliphatic carbocycles. The zero-order chi connectivity index (χ0) is 22.3. The van der Waals surface area contributed by atoms with Crippen molar-refractivity contribution < 1.29 is 22.3 Å². The number of amides is 1. The van der Waals surface area contributed by atoms with E-state index >= 15 is 0 Å². The van der Waals surface area contributed by atoms with Gasteiger partial charge in [-0.25, -0.2) is 12.8 Å². The van der Waals surface area contributed by atoms with Crippen LogP contribution in [0.25, 0.3) is 0 Å². The third-order valence-electron chi connectivity index (χ3n) is 4.36. The number of benzene rings is 2. The van der Waals surface area contributed by atoms with Crippen LogP contribution in [0.1, 0.15) is 11.3 Å². The minimum absolute atomic E-state index is 0.137. The Labute approximate surface area is 180 Å². The number of rotatable bonds is 9. The monoisotopic (exact) mass is 443 g/mol. The smallest absolute Gasteiger partial charge is 0.258 e. The van der Waals surface area contributed by atoms with Crippen LogP contribution >= 0.6 is 0 Å². The van der Waals surface area contributed by atoms with Gasteiger partial charge in [0.05, 0.1) is 30.7 Å². The van der Waals surface area contributed by atoms with Crippen molar-refractivity contribution in [1.82, 2.24) is 10.3 Å². The lowest BCUT2D eigenvalue weighted by Crippen LogP contribution is -2.30. The summed E-state index contributed by atoms with van der Waals surface area (Å²) in [5, 5.41) is 2.70. The van der Waals surface area contributed by atoms with Crippen molar-refractivity contribution in [2.45, 2.75) is 13.1 Å². The van der Waals surface area contributed by atoms with Crippen molar-refractivity contribution in [2.24, 2.45) is 0 Å². The van der Waals surface area contributed by atoms with Gasteiger partial charge < -0.3 is 10.1 Å². The van der Waals surface area contributed by atoms with Crippen LogP contribution in [0.4, 0.5) is 10.1 Å². The zero-order valence-corrected chi connectivity index (χ0v) is 17.7. The van der Waals surface area contributed by atoms with Crippen molar-refractivity contribution in [2.75, 3.05) is 17.2 Å². The number of hydrogen-bond donors (Lipinski definition) is 1. The highest BCUT2D eigenvalue weighted by Gasteiger charge is 2.19. The molecule has 0 saturated carbocycles. The molecule has 3 aromatic rings. The second-order valence-corrected chi connectivity index (χ2v) is 8.65. The summed E-state index contributed by atoms with van der Waals surface area (Å²) in [7, 11) is -3.65. The fourth-order valence-corrected chi connectivity index (χ4v) is 3.66. The third kappa shape index (κ3) is 6.51. The summed E-state index contributed by atoms with van der Waals surface area (Å²) >= 11 is 0. The molecule has 1 aromatic heterocycles. The van der Waals surface area contributed by atoms with Crippen LogP contribution in [0.15, 0.2) is 72.9 Å². The summed E-state index contributed by atoms with van der Waals surface area (Å²) in [4.78, 5) is 16.1. The van der Waals surface area contributed by atoms with Gasteiger partial charge in [0.1, 0.15) is 11.6 Å². The van der Waals surface area contributed by atoms with Gasteiger partial charge in [0.25, 0.3) is 5.91 Å². The molecule has 31 heavy (non-hydrogen) atoms. The SMILES string of the molecule is CS(=O)(=O)N(Cc1ccccc1F)c1ccc(OCC(=O)NCc2ccccn2)cc1. The highest BCUT2D eigenvalue weighted by atomic mass is 32.2. The number of ether oxygens (including phenoxy) is 1. The largest absolute Gasteiger partial charge is 0.484 e. The number of sulfonamides is 1. The van der Waals surface area contributed by atoms with Gasteiger partial charge >= 0.3 is 0 Å². The highest BCUT2D eigenvalue weighted by Crippen LogP contribution is 2.24. The van der Waals surface area contributed by atoms with Gasteiger partial charge in [-0.05, 0) is 42.5 Å². The first-order valence-electron chi connectivity index (χ1n) is 9.43. The number of halogens is 1. The minimum atomic E-state index is -3.65. The van der Waals surface area contributed by atoms with Crippen molar-refractivity contribution in [1.29, 1.82) is 0 Å². The van der Waals surface area contributed by atoms with E-state index in [0.29, 0.717) is 18.0 Å². The first kappa shape index (κ1) is 22.2. The van der Waals surface area contributed by atoms with E-state index in [2.05, 4.69) is 10.3 Å². The molecule has 162 valence electrons. The number of anilines is 1. The predicted molar refractivity (Wildman–Crippen MR) is 115 cm³/mol. The van der Waals surface area contributed by atoms with Crippen LogP contribution in [0.5, 0.6) is 5.75 Å². The van der Waals surface area contributed by atoms with Gasteiger partial charge in [-0.2, -0.15) is 0 Å². The van der Waals surface area contributed by atoms with E-state index in [-0.39, 0.29) is 24.6 Å². The number of nitrogens with one attached hydrogen (secondary N) is 1. The maximum Gasteiger partial charge on any atom is 0.258 e. The Hall–Kier alpha value is -3.46. The average molecular weight is 444 g/mol. The van der Waals surface area contributed by atoms with Crippen molar-refractivity contribution in [3.63, 3.8) is 0 Å². The second kappa shape index (κ2) is 10.0. The van der Waals surface area contributed by atoms with Crippen LogP contribution in [-0.2, 0) is 27.9 Å². The molecule has 0 radical (unpaired) electrons. The van der Waals surface area contributed by atoms with E-state index in [1.807, 2.05) is 6.07 Å². The Bertz CT molecular complexity index is 1120. The fraction of sp³-hybridized carbons (Fsp3) is 0.182. The molecule has 1 heterocycles. The Kier molecular flexibility index (Phi) is 7.19. The van der Waals surface area contributed by atoms with Gasteiger partial charge in [-0.15, -0.1) is 0 Å². The minimum Gasteiger partial charge on any atom is -0.484 e. The van der Waals surface area contributed by atoms with Gasteiger partial charge in [0, 0.05) is 11.8 Å². The summed E-state index contributed by atoms with van der Waals surface area (Å²) in [6.45, 7) is -0.0415. The fourth-order valence-electron chi connectivity index (χ4n) is 2.78. The summed E-state index contributed by atoms with van der Waals surface area (Å²) in [6.07, 6.45) is 2.70. The maximum atomic E-state index is 14.0. The molecule has 3 rings (SSSR count). The van der Waals surface area contributed by atoms with Crippen LogP contribution in [0.3, 0.4) is 0 Å². The molecular weight excluding hydrogens is 421 g/mol. The van der Waals surface area contributed by atoms with Crippen LogP contribution in [-0.4, -0.2) is 32.2 Å². The lowest BCUT2D eigenvalue weighted by molar-refractivity contribution is -0.123. The van der Waals surface area contributed by atoms with E-state index in [1.165, 1.54) is 12.1 Å². The van der Waals surface area contributed by atoms with E-state index < -0.39 is 15.8 Å². The summed E-state index contributed by atoms with van der Waals surface area (Å²) < 4.78 is 45.0. The number of aromatic nitrogens is 1. The molecule has 0 atom stereocenters. The molecule has 0 aliphatic rings. The van der Waals surface area contributed by atoms with E-state index in [0.717, 1.165) is 16.3 Å². The van der Waals surface area contributed by atoms with E-state index in [4.69, 9.17) is 4.74 Å². The zero-order valence-electron chi connectivity index (χ0n) is 16.9. The van der Waals surface area contributed by atoms with Crippen molar-refractivity contribution in [3.8, 4) is 5.75 Å². The van der Waals surface area contributed by atoms with Gasteiger partial charge in [0.2, 0.25) is 10.0 Å². The Morgan fingerprint density at radius 3 is 2.42 bits per heavy atom. The van der Waals surface area contributed by atoms with E-state index in [9.17, 15) is 17.6 Å². The normalized spacial score (nSPS) is 11.0. The lowest BCUT2D eigenvalue weighted by Gasteiger charge is -2.23. The topological polar surface area (TPSA) is 88.6 Å². The van der Waals surface area contributed by atoms with Crippen molar-refractivity contribution >= 4 is 21.6 Å². The van der Waals surface area contributed by atoms with Crippen LogP contribution in [0, 0.1) is 5.82 Å². The first-order valence-corrected chi connectivity index (χ1v) is 11.3. The van der Waals surface area contributed by atoms with E-state index in [1.54, 1.807) is 54.7 Å². The van der Waals surface area contributed by atoms with Crippen molar-refractivity contribution in [3.05, 3.63) is 90.0 Å². The predicted octanol–water partition coefficient (Wildman–Crippen LogP) is 2.88.